The molecule has 0 radical (unpaired) electrons. The lowest BCUT2D eigenvalue weighted by Crippen LogP contribution is -2.52. The van der Waals surface area contributed by atoms with Gasteiger partial charge in [0.05, 0.1) is 25.8 Å². The molecule has 1 aromatic heterocycles. The van der Waals surface area contributed by atoms with Crippen LogP contribution in [0.3, 0.4) is 0 Å². The molecule has 1 saturated heterocycles. The largest absolute Gasteiger partial charge is 0.362 e. The number of fused-ring (bicyclic) bond motifs is 1. The van der Waals surface area contributed by atoms with Crippen LogP contribution in [0.25, 0.3) is 0 Å². The highest BCUT2D eigenvalue weighted by Crippen LogP contribution is 2.28. The third-order valence-electron chi connectivity index (χ3n) is 5.44. The molecule has 26 heavy (non-hydrogen) atoms. The maximum absolute atomic E-state index is 12.8. The van der Waals surface area contributed by atoms with E-state index in [4.69, 9.17) is 0 Å². The summed E-state index contributed by atoms with van der Waals surface area (Å²) in [7, 11) is 0. The summed E-state index contributed by atoms with van der Waals surface area (Å²) >= 11 is 0. The zero-order chi connectivity index (χ0) is 17.9. The smallest absolute Gasteiger partial charge is 0.274 e. The highest BCUT2D eigenvalue weighted by atomic mass is 16.2. The number of aryl methyl sites for hydroxylation is 2. The minimum absolute atomic E-state index is 0.245. The Morgan fingerprint density at radius 2 is 1.92 bits per heavy atom. The van der Waals surface area contributed by atoms with Gasteiger partial charge < -0.3 is 9.80 Å². The number of hydrogen-bond acceptors (Lipinski definition) is 3. The quantitative estimate of drug-likeness (QED) is 0.848. The molecule has 1 aromatic carbocycles. The average molecular weight is 351 g/mol. The summed E-state index contributed by atoms with van der Waals surface area (Å²) in [5, 5.41) is 0. The molecule has 0 aliphatic carbocycles. The van der Waals surface area contributed by atoms with Crippen molar-refractivity contribution in [2.75, 3.05) is 49.1 Å². The van der Waals surface area contributed by atoms with Gasteiger partial charge in [0, 0.05) is 18.3 Å². The number of hydrogen-bond donors (Lipinski definition) is 0. The number of aromatic amines is 1. The molecule has 5 heteroatoms. The third kappa shape index (κ3) is 3.52. The van der Waals surface area contributed by atoms with Crippen LogP contribution in [0.4, 0.5) is 11.5 Å². The Kier molecular flexibility index (Phi) is 4.78. The van der Waals surface area contributed by atoms with E-state index in [0.717, 1.165) is 51.4 Å². The van der Waals surface area contributed by atoms with E-state index in [-0.39, 0.29) is 5.91 Å². The first-order chi connectivity index (χ1) is 12.7. The second kappa shape index (κ2) is 7.36. The molecule has 5 nitrogen and oxygen atoms in total. The van der Waals surface area contributed by atoms with E-state index in [1.54, 1.807) is 0 Å². The molecule has 2 aliphatic heterocycles. The van der Waals surface area contributed by atoms with Crippen molar-refractivity contribution in [3.63, 3.8) is 0 Å². The van der Waals surface area contributed by atoms with Gasteiger partial charge in [0.2, 0.25) is 5.91 Å². The predicted molar refractivity (Wildman–Crippen MR) is 104 cm³/mol. The summed E-state index contributed by atoms with van der Waals surface area (Å²) in [6.07, 6.45) is 4.19. The van der Waals surface area contributed by atoms with E-state index in [1.165, 1.54) is 16.8 Å². The van der Waals surface area contributed by atoms with Crippen LogP contribution in [0.1, 0.15) is 17.5 Å². The lowest BCUT2D eigenvalue weighted by Gasteiger charge is -2.35. The number of rotatable bonds is 3. The Balaban J connectivity index is 1.37. The first kappa shape index (κ1) is 16.9. The van der Waals surface area contributed by atoms with Crippen LogP contribution >= 0.6 is 0 Å². The van der Waals surface area contributed by atoms with Crippen LogP contribution in [0.2, 0.25) is 0 Å². The Morgan fingerprint density at radius 1 is 1.08 bits per heavy atom. The molecule has 0 spiro atoms. The molecule has 0 saturated carbocycles. The van der Waals surface area contributed by atoms with Gasteiger partial charge in [-0.05, 0) is 37.5 Å². The van der Waals surface area contributed by atoms with Crippen LogP contribution in [0, 0.1) is 6.92 Å². The van der Waals surface area contributed by atoms with Crippen LogP contribution in [-0.4, -0.2) is 50.1 Å². The van der Waals surface area contributed by atoms with Gasteiger partial charge in [-0.1, -0.05) is 23.8 Å². The summed E-state index contributed by atoms with van der Waals surface area (Å²) < 4.78 is 0. The number of amides is 1. The summed E-state index contributed by atoms with van der Waals surface area (Å²) in [4.78, 5) is 22.7. The fraction of sp³-hybridized carbons (Fsp3) is 0.429. The molecular formula is C21H27N4O+. The molecular weight excluding hydrogens is 324 g/mol. The fourth-order valence-corrected chi connectivity index (χ4v) is 4.01. The molecule has 2 aliphatic rings. The molecule has 1 amide bonds. The van der Waals surface area contributed by atoms with E-state index >= 15 is 0 Å². The Morgan fingerprint density at radius 3 is 2.69 bits per heavy atom. The van der Waals surface area contributed by atoms with Gasteiger partial charge in [-0.3, -0.25) is 9.69 Å². The lowest BCUT2D eigenvalue weighted by atomic mass is 9.99. The van der Waals surface area contributed by atoms with Crippen LogP contribution < -0.4 is 14.8 Å². The SMILES string of the molecule is Cc1ccc2c(c1)CCCN2CC(=O)N1CCN(c2cccc[nH+]2)CC1. The van der Waals surface area contributed by atoms with Gasteiger partial charge in [0.15, 0.2) is 0 Å². The monoisotopic (exact) mass is 351 g/mol. The number of nitrogens with one attached hydrogen (secondary N) is 1. The normalized spacial score (nSPS) is 17.2. The van der Waals surface area contributed by atoms with Crippen molar-refractivity contribution < 1.29 is 9.78 Å². The summed E-state index contributed by atoms with van der Waals surface area (Å²) in [5.41, 5.74) is 3.92. The number of H-pyrrole nitrogens is 1. The maximum Gasteiger partial charge on any atom is 0.274 e. The molecule has 2 aromatic rings. The van der Waals surface area contributed by atoms with Crippen molar-refractivity contribution in [3.8, 4) is 0 Å². The first-order valence-electron chi connectivity index (χ1n) is 9.54. The molecule has 3 heterocycles. The number of anilines is 2. The van der Waals surface area contributed by atoms with Gasteiger partial charge in [0.1, 0.15) is 13.1 Å². The van der Waals surface area contributed by atoms with Gasteiger partial charge in [-0.15, -0.1) is 0 Å². The topological polar surface area (TPSA) is 40.9 Å². The van der Waals surface area contributed by atoms with Crippen LogP contribution in [-0.2, 0) is 11.2 Å². The first-order valence-corrected chi connectivity index (χ1v) is 9.54. The van der Waals surface area contributed by atoms with Crippen LogP contribution in [0.5, 0.6) is 0 Å². The van der Waals surface area contributed by atoms with E-state index in [1.807, 2.05) is 23.2 Å². The number of pyridine rings is 1. The average Bonchev–Trinajstić information content (AvgIpc) is 2.69. The zero-order valence-electron chi connectivity index (χ0n) is 15.4. The van der Waals surface area contributed by atoms with Crippen molar-refractivity contribution in [2.24, 2.45) is 0 Å². The zero-order valence-corrected chi connectivity index (χ0v) is 15.4. The Labute approximate surface area is 155 Å². The number of nitrogens with zero attached hydrogens (tertiary/aromatic N) is 3. The minimum Gasteiger partial charge on any atom is -0.362 e. The van der Waals surface area contributed by atoms with Crippen molar-refractivity contribution in [1.82, 2.24) is 4.90 Å². The van der Waals surface area contributed by atoms with Gasteiger partial charge in [-0.2, -0.15) is 0 Å². The standard InChI is InChI=1S/C21H26N4O/c1-17-7-8-19-18(15-17)5-4-10-25(19)16-21(26)24-13-11-23(12-14-24)20-6-2-3-9-22-20/h2-3,6-9,15H,4-5,10-14,16H2,1H3/p+1. The van der Waals surface area contributed by atoms with Gasteiger partial charge in [0.25, 0.3) is 5.82 Å². The molecule has 0 bridgehead atoms. The summed E-state index contributed by atoms with van der Waals surface area (Å²) in [6.45, 7) is 6.93. The number of piperazine rings is 1. The van der Waals surface area contributed by atoms with E-state index < -0.39 is 0 Å². The lowest BCUT2D eigenvalue weighted by molar-refractivity contribution is -0.364. The molecule has 0 unspecified atom stereocenters. The van der Waals surface area contributed by atoms with Crippen molar-refractivity contribution in [3.05, 3.63) is 53.7 Å². The third-order valence-corrected chi connectivity index (χ3v) is 5.44. The molecule has 1 fully saturated rings. The van der Waals surface area contributed by atoms with Gasteiger partial charge in [-0.25, -0.2) is 4.98 Å². The van der Waals surface area contributed by atoms with Crippen LogP contribution in [0.15, 0.2) is 42.6 Å². The second-order valence-electron chi connectivity index (χ2n) is 7.27. The summed E-state index contributed by atoms with van der Waals surface area (Å²) in [5.74, 6) is 1.37. The Bertz CT molecular complexity index is 769. The Hall–Kier alpha value is -2.56. The molecule has 4 rings (SSSR count). The van der Waals surface area contributed by atoms with E-state index in [9.17, 15) is 4.79 Å². The molecule has 136 valence electrons. The number of carbonyl (C=O) groups excluding carboxylic acids is 1. The maximum atomic E-state index is 12.8. The van der Waals surface area contributed by atoms with Crippen molar-refractivity contribution >= 4 is 17.4 Å². The molecule has 1 N–H and O–H groups in total. The van der Waals surface area contributed by atoms with E-state index in [0.29, 0.717) is 6.54 Å². The van der Waals surface area contributed by atoms with Crippen molar-refractivity contribution in [1.29, 1.82) is 0 Å². The fourth-order valence-electron chi connectivity index (χ4n) is 4.01. The number of benzene rings is 1. The second-order valence-corrected chi connectivity index (χ2v) is 7.27. The summed E-state index contributed by atoms with van der Waals surface area (Å²) in [6, 6.07) is 12.7. The minimum atomic E-state index is 0.245. The van der Waals surface area contributed by atoms with Crippen molar-refractivity contribution in [2.45, 2.75) is 19.8 Å². The van der Waals surface area contributed by atoms with E-state index in [2.05, 4.69) is 46.0 Å². The molecule has 0 atom stereocenters. The highest BCUT2D eigenvalue weighted by Gasteiger charge is 2.28. The van der Waals surface area contributed by atoms with Gasteiger partial charge >= 0.3 is 0 Å². The highest BCUT2D eigenvalue weighted by molar-refractivity contribution is 5.82. The number of aromatic nitrogens is 1. The predicted octanol–water partition coefficient (Wildman–Crippen LogP) is 1.91. The number of carbonyl (C=O) groups is 1.